The minimum absolute atomic E-state index is 0.0807. The third-order valence-electron chi connectivity index (χ3n) is 3.65. The lowest BCUT2D eigenvalue weighted by Crippen LogP contribution is -2.35. The highest BCUT2D eigenvalue weighted by molar-refractivity contribution is 5.97. The van der Waals surface area contributed by atoms with Crippen LogP contribution in [0.1, 0.15) is 49.0 Å². The summed E-state index contributed by atoms with van der Waals surface area (Å²) in [5.74, 6) is -0.0807. The van der Waals surface area contributed by atoms with Crippen molar-refractivity contribution in [2.45, 2.75) is 52.1 Å². The highest BCUT2D eigenvalue weighted by atomic mass is 16.2. The van der Waals surface area contributed by atoms with Crippen LogP contribution in [0.4, 0.5) is 10.5 Å². The summed E-state index contributed by atoms with van der Waals surface area (Å²) in [6.07, 6.45) is 2.98. The summed E-state index contributed by atoms with van der Waals surface area (Å²) in [5.41, 5.74) is 2.17. The fourth-order valence-corrected chi connectivity index (χ4v) is 1.88. The van der Waals surface area contributed by atoms with Crippen molar-refractivity contribution >= 4 is 17.6 Å². The molecule has 1 atom stereocenters. The van der Waals surface area contributed by atoms with Gasteiger partial charge in [-0.25, -0.2) is 4.79 Å². The molecule has 0 spiro atoms. The van der Waals surface area contributed by atoms with E-state index in [-0.39, 0.29) is 18.0 Å². The first-order chi connectivity index (χ1) is 9.99. The summed E-state index contributed by atoms with van der Waals surface area (Å²) >= 11 is 0. The van der Waals surface area contributed by atoms with Crippen molar-refractivity contribution in [1.29, 1.82) is 0 Å². The number of urea groups is 1. The van der Waals surface area contributed by atoms with Crippen molar-refractivity contribution in [2.24, 2.45) is 0 Å². The number of carbonyl (C=O) groups excluding carboxylic acids is 2. The van der Waals surface area contributed by atoms with Crippen LogP contribution in [0.3, 0.4) is 0 Å². The molecule has 114 valence electrons. The van der Waals surface area contributed by atoms with Crippen molar-refractivity contribution < 1.29 is 9.59 Å². The third-order valence-corrected chi connectivity index (χ3v) is 3.65. The first kappa shape index (κ1) is 15.4. The van der Waals surface area contributed by atoms with Crippen molar-refractivity contribution in [3.63, 3.8) is 0 Å². The molecule has 0 bridgehead atoms. The summed E-state index contributed by atoms with van der Waals surface area (Å²) in [4.78, 5) is 23.9. The number of anilines is 1. The topological polar surface area (TPSA) is 70.2 Å². The van der Waals surface area contributed by atoms with E-state index in [9.17, 15) is 9.59 Å². The summed E-state index contributed by atoms with van der Waals surface area (Å²) in [6, 6.07) is 5.55. The molecule has 0 radical (unpaired) electrons. The number of nitrogens with one attached hydrogen (secondary N) is 3. The van der Waals surface area contributed by atoms with Crippen LogP contribution in [0.5, 0.6) is 0 Å². The van der Waals surface area contributed by atoms with E-state index in [1.165, 1.54) is 0 Å². The summed E-state index contributed by atoms with van der Waals surface area (Å²) in [7, 11) is 0. The molecule has 0 aromatic heterocycles. The zero-order chi connectivity index (χ0) is 15.4. The van der Waals surface area contributed by atoms with Crippen LogP contribution >= 0.6 is 0 Å². The lowest BCUT2D eigenvalue weighted by molar-refractivity contribution is 0.0951. The SMILES string of the molecule is CC[C@@H](C)NC(=O)Nc1cc(C(=O)NC2CC2)ccc1C. The zero-order valence-corrected chi connectivity index (χ0v) is 12.8. The van der Waals surface area contributed by atoms with Gasteiger partial charge in [0.1, 0.15) is 0 Å². The number of amides is 3. The van der Waals surface area contributed by atoms with Gasteiger partial charge in [0, 0.05) is 23.3 Å². The van der Waals surface area contributed by atoms with E-state index in [1.807, 2.05) is 26.8 Å². The maximum absolute atomic E-state index is 12.0. The first-order valence-corrected chi connectivity index (χ1v) is 7.48. The maximum Gasteiger partial charge on any atom is 0.319 e. The van der Waals surface area contributed by atoms with E-state index in [2.05, 4.69) is 16.0 Å². The van der Waals surface area contributed by atoms with Crippen molar-refractivity contribution in [3.8, 4) is 0 Å². The lowest BCUT2D eigenvalue weighted by atomic mass is 10.1. The van der Waals surface area contributed by atoms with Crippen LogP contribution in [0.15, 0.2) is 18.2 Å². The number of aryl methyl sites for hydroxylation is 1. The number of benzene rings is 1. The number of rotatable bonds is 5. The fourth-order valence-electron chi connectivity index (χ4n) is 1.88. The quantitative estimate of drug-likeness (QED) is 0.780. The van der Waals surface area contributed by atoms with Gasteiger partial charge >= 0.3 is 6.03 Å². The molecule has 21 heavy (non-hydrogen) atoms. The Kier molecular flexibility index (Phi) is 4.83. The smallest absolute Gasteiger partial charge is 0.319 e. The van der Waals surface area contributed by atoms with Crippen LogP contribution in [-0.4, -0.2) is 24.0 Å². The second kappa shape index (κ2) is 6.61. The van der Waals surface area contributed by atoms with Crippen LogP contribution in [0.25, 0.3) is 0 Å². The molecule has 5 heteroatoms. The van der Waals surface area contributed by atoms with Gasteiger partial charge < -0.3 is 16.0 Å². The standard InChI is InChI=1S/C16H23N3O2/c1-4-11(3)17-16(21)19-14-9-12(6-5-10(14)2)15(20)18-13-7-8-13/h5-6,9,11,13H,4,7-8H2,1-3H3,(H,18,20)(H2,17,19,21)/t11-/m1/s1. The molecular formula is C16H23N3O2. The minimum atomic E-state index is -0.243. The molecule has 1 aromatic rings. The molecule has 1 aromatic carbocycles. The zero-order valence-electron chi connectivity index (χ0n) is 12.8. The van der Waals surface area contributed by atoms with Crippen LogP contribution in [0, 0.1) is 6.92 Å². The first-order valence-electron chi connectivity index (χ1n) is 7.48. The molecule has 1 saturated carbocycles. The van der Waals surface area contributed by atoms with Crippen molar-refractivity contribution in [1.82, 2.24) is 10.6 Å². The summed E-state index contributed by atoms with van der Waals surface area (Å²) < 4.78 is 0. The van der Waals surface area contributed by atoms with Gasteiger partial charge in [0.2, 0.25) is 0 Å². The Morgan fingerprint density at radius 1 is 1.33 bits per heavy atom. The average molecular weight is 289 g/mol. The average Bonchev–Trinajstić information content (AvgIpc) is 3.24. The van der Waals surface area contributed by atoms with Crippen LogP contribution in [0.2, 0.25) is 0 Å². The van der Waals surface area contributed by atoms with E-state index >= 15 is 0 Å². The second-order valence-electron chi connectivity index (χ2n) is 5.69. The van der Waals surface area contributed by atoms with Crippen molar-refractivity contribution in [2.75, 3.05) is 5.32 Å². The van der Waals surface area contributed by atoms with E-state index in [4.69, 9.17) is 0 Å². The molecule has 1 aliphatic carbocycles. The molecule has 0 unspecified atom stereocenters. The molecule has 0 aliphatic heterocycles. The van der Waals surface area contributed by atoms with Gasteiger partial charge in [-0.1, -0.05) is 13.0 Å². The summed E-state index contributed by atoms with van der Waals surface area (Å²) in [6.45, 7) is 5.87. The maximum atomic E-state index is 12.0. The molecule has 1 fully saturated rings. The minimum Gasteiger partial charge on any atom is -0.349 e. The van der Waals surface area contributed by atoms with Crippen LogP contribution < -0.4 is 16.0 Å². The normalized spacial score (nSPS) is 15.2. The number of hydrogen-bond donors (Lipinski definition) is 3. The monoisotopic (exact) mass is 289 g/mol. The van der Waals surface area contributed by atoms with E-state index in [0.29, 0.717) is 17.3 Å². The largest absolute Gasteiger partial charge is 0.349 e. The van der Waals surface area contributed by atoms with Gasteiger partial charge in [0.15, 0.2) is 0 Å². The Labute approximate surface area is 125 Å². The molecule has 2 rings (SSSR count). The third kappa shape index (κ3) is 4.48. The predicted octanol–water partition coefficient (Wildman–Crippen LogP) is 2.81. The van der Waals surface area contributed by atoms with Gasteiger partial charge in [-0.2, -0.15) is 0 Å². The highest BCUT2D eigenvalue weighted by Gasteiger charge is 2.24. The van der Waals surface area contributed by atoms with E-state index < -0.39 is 0 Å². The Morgan fingerprint density at radius 2 is 2.05 bits per heavy atom. The molecule has 3 amide bonds. The highest BCUT2D eigenvalue weighted by Crippen LogP contribution is 2.21. The molecule has 0 heterocycles. The summed E-state index contributed by atoms with van der Waals surface area (Å²) in [5, 5.41) is 8.60. The van der Waals surface area contributed by atoms with Crippen LogP contribution in [-0.2, 0) is 0 Å². The van der Waals surface area contributed by atoms with Gasteiger partial charge in [0.25, 0.3) is 5.91 Å². The Bertz CT molecular complexity index is 538. The predicted molar refractivity (Wildman–Crippen MR) is 83.6 cm³/mol. The molecular weight excluding hydrogens is 266 g/mol. The van der Waals surface area contributed by atoms with Gasteiger partial charge in [-0.3, -0.25) is 4.79 Å². The Hall–Kier alpha value is -2.04. The Balaban J connectivity index is 2.04. The van der Waals surface area contributed by atoms with Crippen molar-refractivity contribution in [3.05, 3.63) is 29.3 Å². The lowest BCUT2D eigenvalue weighted by Gasteiger charge is -2.14. The van der Waals surface area contributed by atoms with E-state index in [0.717, 1.165) is 24.8 Å². The molecule has 3 N–H and O–H groups in total. The number of carbonyl (C=O) groups is 2. The van der Waals surface area contributed by atoms with Gasteiger partial charge in [-0.15, -0.1) is 0 Å². The molecule has 0 saturated heterocycles. The fraction of sp³-hybridized carbons (Fsp3) is 0.500. The molecule has 5 nitrogen and oxygen atoms in total. The Morgan fingerprint density at radius 3 is 2.67 bits per heavy atom. The van der Waals surface area contributed by atoms with Gasteiger partial charge in [-0.05, 0) is 50.8 Å². The second-order valence-corrected chi connectivity index (χ2v) is 5.69. The van der Waals surface area contributed by atoms with Gasteiger partial charge in [0.05, 0.1) is 0 Å². The molecule has 1 aliphatic rings. The number of hydrogen-bond acceptors (Lipinski definition) is 2. The van der Waals surface area contributed by atoms with E-state index in [1.54, 1.807) is 12.1 Å².